The van der Waals surface area contributed by atoms with E-state index in [0.717, 1.165) is 37.1 Å². The first-order chi connectivity index (χ1) is 9.08. The summed E-state index contributed by atoms with van der Waals surface area (Å²) in [5, 5.41) is 10.6. The lowest BCUT2D eigenvalue weighted by atomic mass is 9.71. The lowest BCUT2D eigenvalue weighted by Crippen LogP contribution is -2.54. The second-order valence-corrected chi connectivity index (χ2v) is 7.25. The molecule has 1 aliphatic heterocycles. The smallest absolute Gasteiger partial charge is 0.263 e. The van der Waals surface area contributed by atoms with Crippen LogP contribution in [-0.2, 0) is 0 Å². The fraction of sp³-hybridized carbons (Fsp3) is 0.667. The minimum Gasteiger partial charge on any atom is -0.389 e. The standard InChI is InChI=1S/C15H21NO2S/c1-11-5-6-13(19-11)14(17)16-9-8-15(18)7-3-2-4-12(15)10-16/h5-6,12,18H,2-4,7-10H2,1H3. The van der Waals surface area contributed by atoms with Gasteiger partial charge in [0, 0.05) is 23.9 Å². The molecule has 3 rings (SSSR count). The third-order valence-corrected chi connectivity index (χ3v) is 5.65. The van der Waals surface area contributed by atoms with Gasteiger partial charge in [0.25, 0.3) is 5.91 Å². The van der Waals surface area contributed by atoms with Crippen molar-refractivity contribution < 1.29 is 9.90 Å². The second kappa shape index (κ2) is 4.91. The van der Waals surface area contributed by atoms with Gasteiger partial charge < -0.3 is 10.0 Å². The molecule has 1 aliphatic carbocycles. The van der Waals surface area contributed by atoms with Gasteiger partial charge in [-0.25, -0.2) is 0 Å². The zero-order valence-electron chi connectivity index (χ0n) is 11.4. The number of piperidine rings is 1. The summed E-state index contributed by atoms with van der Waals surface area (Å²) in [6, 6.07) is 3.92. The Kier molecular flexibility index (Phi) is 3.39. The maximum atomic E-state index is 12.4. The van der Waals surface area contributed by atoms with Gasteiger partial charge in [0.15, 0.2) is 0 Å². The molecule has 19 heavy (non-hydrogen) atoms. The first-order valence-electron chi connectivity index (χ1n) is 7.17. The molecule has 3 nitrogen and oxygen atoms in total. The molecule has 4 heteroatoms. The molecule has 1 amide bonds. The van der Waals surface area contributed by atoms with Crippen molar-refractivity contribution in [2.75, 3.05) is 13.1 Å². The Morgan fingerprint density at radius 3 is 3.00 bits per heavy atom. The predicted octanol–water partition coefficient (Wildman–Crippen LogP) is 2.82. The lowest BCUT2D eigenvalue weighted by molar-refractivity contribution is -0.0885. The number of carbonyl (C=O) groups excluding carboxylic acids is 1. The summed E-state index contributed by atoms with van der Waals surface area (Å²) in [6.45, 7) is 3.45. The Bertz CT molecular complexity index is 484. The number of aryl methyl sites for hydroxylation is 1. The fourth-order valence-corrected chi connectivity index (χ4v) is 4.30. The van der Waals surface area contributed by atoms with Crippen LogP contribution in [-0.4, -0.2) is 34.6 Å². The van der Waals surface area contributed by atoms with E-state index in [4.69, 9.17) is 0 Å². The molecule has 1 aromatic rings. The number of likely N-dealkylation sites (tertiary alicyclic amines) is 1. The van der Waals surface area contributed by atoms with E-state index in [-0.39, 0.29) is 11.8 Å². The molecule has 1 saturated heterocycles. The normalized spacial score (nSPS) is 31.1. The van der Waals surface area contributed by atoms with Crippen LogP contribution in [0.3, 0.4) is 0 Å². The SMILES string of the molecule is Cc1ccc(C(=O)N2CCC3(O)CCCCC3C2)s1. The van der Waals surface area contributed by atoms with E-state index in [1.807, 2.05) is 24.0 Å². The van der Waals surface area contributed by atoms with Gasteiger partial charge in [-0.15, -0.1) is 11.3 Å². The number of carbonyl (C=O) groups is 1. The number of nitrogens with zero attached hydrogens (tertiary/aromatic N) is 1. The summed E-state index contributed by atoms with van der Waals surface area (Å²) in [4.78, 5) is 16.4. The molecule has 0 spiro atoms. The van der Waals surface area contributed by atoms with E-state index in [9.17, 15) is 9.90 Å². The van der Waals surface area contributed by atoms with Gasteiger partial charge in [-0.05, 0) is 38.3 Å². The van der Waals surface area contributed by atoms with Crippen molar-refractivity contribution in [3.8, 4) is 0 Å². The van der Waals surface area contributed by atoms with Crippen molar-refractivity contribution in [3.63, 3.8) is 0 Å². The summed E-state index contributed by atoms with van der Waals surface area (Å²) in [5.74, 6) is 0.422. The largest absolute Gasteiger partial charge is 0.389 e. The van der Waals surface area contributed by atoms with Crippen LogP contribution in [0.1, 0.15) is 46.7 Å². The first kappa shape index (κ1) is 13.1. The molecule has 0 bridgehead atoms. The fourth-order valence-electron chi connectivity index (χ4n) is 3.46. The topological polar surface area (TPSA) is 40.5 Å². The number of aliphatic hydroxyl groups is 1. The Morgan fingerprint density at radius 2 is 2.26 bits per heavy atom. The van der Waals surface area contributed by atoms with Gasteiger partial charge in [0.1, 0.15) is 0 Å². The molecular weight excluding hydrogens is 258 g/mol. The van der Waals surface area contributed by atoms with Gasteiger partial charge in [-0.3, -0.25) is 4.79 Å². The van der Waals surface area contributed by atoms with E-state index in [2.05, 4.69) is 0 Å². The third-order valence-electron chi connectivity index (χ3n) is 4.67. The van der Waals surface area contributed by atoms with Crippen LogP contribution in [0.2, 0.25) is 0 Å². The Morgan fingerprint density at radius 1 is 1.42 bits per heavy atom. The maximum absolute atomic E-state index is 12.4. The van der Waals surface area contributed by atoms with Crippen molar-refractivity contribution in [2.45, 2.75) is 44.6 Å². The second-order valence-electron chi connectivity index (χ2n) is 5.96. The average Bonchev–Trinajstić information content (AvgIpc) is 2.83. The van der Waals surface area contributed by atoms with Gasteiger partial charge in [-0.2, -0.15) is 0 Å². The molecule has 1 N–H and O–H groups in total. The van der Waals surface area contributed by atoms with E-state index >= 15 is 0 Å². The van der Waals surface area contributed by atoms with Gasteiger partial charge in [0.05, 0.1) is 10.5 Å². The monoisotopic (exact) mass is 279 g/mol. The van der Waals surface area contributed by atoms with Crippen LogP contribution < -0.4 is 0 Å². The summed E-state index contributed by atoms with van der Waals surface area (Å²) >= 11 is 1.56. The number of thiophene rings is 1. The minimum absolute atomic E-state index is 0.144. The highest BCUT2D eigenvalue weighted by atomic mass is 32.1. The molecular formula is C15H21NO2S. The number of hydrogen-bond acceptors (Lipinski definition) is 3. The quantitative estimate of drug-likeness (QED) is 0.858. The highest BCUT2D eigenvalue weighted by molar-refractivity contribution is 7.13. The molecule has 2 atom stereocenters. The van der Waals surface area contributed by atoms with Crippen molar-refractivity contribution in [2.24, 2.45) is 5.92 Å². The third kappa shape index (κ3) is 2.43. The van der Waals surface area contributed by atoms with Crippen LogP contribution in [0.5, 0.6) is 0 Å². The van der Waals surface area contributed by atoms with E-state index < -0.39 is 5.60 Å². The molecule has 2 fully saturated rings. The van der Waals surface area contributed by atoms with Crippen molar-refractivity contribution in [1.29, 1.82) is 0 Å². The zero-order chi connectivity index (χ0) is 13.5. The first-order valence-corrected chi connectivity index (χ1v) is 7.98. The summed E-state index contributed by atoms with van der Waals surface area (Å²) in [5.41, 5.74) is -0.500. The van der Waals surface area contributed by atoms with Crippen molar-refractivity contribution in [1.82, 2.24) is 4.90 Å². The van der Waals surface area contributed by atoms with Gasteiger partial charge in [0.2, 0.25) is 0 Å². The number of hydrogen-bond donors (Lipinski definition) is 1. The molecule has 1 aromatic heterocycles. The Labute approximate surface area is 118 Å². The lowest BCUT2D eigenvalue weighted by Gasteiger charge is -2.47. The van der Waals surface area contributed by atoms with Gasteiger partial charge in [-0.1, -0.05) is 12.8 Å². The molecule has 1 saturated carbocycles. The molecule has 0 radical (unpaired) electrons. The number of rotatable bonds is 1. The zero-order valence-corrected chi connectivity index (χ0v) is 12.2. The Balaban J connectivity index is 1.72. The van der Waals surface area contributed by atoms with Crippen LogP contribution >= 0.6 is 11.3 Å². The van der Waals surface area contributed by atoms with Gasteiger partial charge >= 0.3 is 0 Å². The molecule has 2 unspecified atom stereocenters. The molecule has 104 valence electrons. The highest BCUT2D eigenvalue weighted by Gasteiger charge is 2.43. The van der Waals surface area contributed by atoms with E-state index in [0.29, 0.717) is 6.54 Å². The average molecular weight is 279 g/mol. The van der Waals surface area contributed by atoms with Crippen LogP contribution in [0.4, 0.5) is 0 Å². The summed E-state index contributed by atoms with van der Waals surface area (Å²) in [7, 11) is 0. The molecule has 2 aliphatic rings. The van der Waals surface area contributed by atoms with Crippen LogP contribution in [0.15, 0.2) is 12.1 Å². The summed E-state index contributed by atoms with van der Waals surface area (Å²) in [6.07, 6.45) is 5.04. The number of amides is 1. The Hall–Kier alpha value is -0.870. The van der Waals surface area contributed by atoms with Crippen LogP contribution in [0.25, 0.3) is 0 Å². The van der Waals surface area contributed by atoms with E-state index in [1.165, 1.54) is 11.3 Å². The highest BCUT2D eigenvalue weighted by Crippen LogP contribution is 2.40. The molecule has 0 aromatic carbocycles. The minimum atomic E-state index is -0.500. The van der Waals surface area contributed by atoms with Crippen LogP contribution in [0, 0.1) is 12.8 Å². The van der Waals surface area contributed by atoms with Crippen molar-refractivity contribution in [3.05, 3.63) is 21.9 Å². The number of fused-ring (bicyclic) bond motifs is 1. The summed E-state index contributed by atoms with van der Waals surface area (Å²) < 4.78 is 0. The van der Waals surface area contributed by atoms with Crippen molar-refractivity contribution >= 4 is 17.2 Å². The van der Waals surface area contributed by atoms with E-state index in [1.54, 1.807) is 11.3 Å². The predicted molar refractivity (Wildman–Crippen MR) is 76.5 cm³/mol. The maximum Gasteiger partial charge on any atom is 0.263 e. The molecule has 2 heterocycles.